The molecule has 7 heteroatoms. The number of aliphatic imine (C=N–C) groups is 1. The van der Waals surface area contributed by atoms with Gasteiger partial charge < -0.3 is 10.6 Å². The molecule has 24 heavy (non-hydrogen) atoms. The number of benzene rings is 2. The summed E-state index contributed by atoms with van der Waals surface area (Å²) in [6.45, 7) is 0.772. The van der Waals surface area contributed by atoms with E-state index in [0.717, 1.165) is 0 Å². The molecule has 2 aromatic carbocycles. The normalized spacial score (nSPS) is 11.2. The Labute approximate surface area is 139 Å². The Kier molecular flexibility index (Phi) is 6.24. The number of hydrogen-bond donors (Lipinski definition) is 2. The predicted molar refractivity (Wildman–Crippen MR) is 91.4 cm³/mol. The van der Waals surface area contributed by atoms with Gasteiger partial charge in [-0.15, -0.1) is 0 Å². The number of nitro benzene ring substituents is 1. The van der Waals surface area contributed by atoms with Crippen molar-refractivity contribution < 1.29 is 9.31 Å². The molecule has 0 aromatic heterocycles. The first-order valence-electron chi connectivity index (χ1n) is 7.52. The lowest BCUT2D eigenvalue weighted by atomic mass is 10.1. The minimum Gasteiger partial charge on any atom is -0.356 e. The number of para-hydroxylation sites is 1. The number of rotatable bonds is 6. The Morgan fingerprint density at radius 1 is 1.12 bits per heavy atom. The SMILES string of the molecule is CN=C(NCCc1ccccc1F)NCc1ccccc1[N+](=O)[O-]. The van der Waals surface area contributed by atoms with Crippen LogP contribution in [0.3, 0.4) is 0 Å². The number of halogens is 1. The van der Waals surface area contributed by atoms with E-state index in [-0.39, 0.29) is 18.0 Å². The molecule has 0 amide bonds. The maximum absolute atomic E-state index is 13.5. The van der Waals surface area contributed by atoms with Crippen molar-refractivity contribution in [1.29, 1.82) is 0 Å². The van der Waals surface area contributed by atoms with Crippen molar-refractivity contribution in [3.05, 3.63) is 75.6 Å². The highest BCUT2D eigenvalue weighted by molar-refractivity contribution is 5.79. The fourth-order valence-corrected chi connectivity index (χ4v) is 2.25. The average Bonchev–Trinajstić information content (AvgIpc) is 2.59. The van der Waals surface area contributed by atoms with Crippen molar-refractivity contribution in [3.8, 4) is 0 Å². The highest BCUT2D eigenvalue weighted by Gasteiger charge is 2.12. The van der Waals surface area contributed by atoms with Crippen LogP contribution < -0.4 is 10.6 Å². The van der Waals surface area contributed by atoms with Crippen LogP contribution in [0.15, 0.2) is 53.5 Å². The smallest absolute Gasteiger partial charge is 0.274 e. The minimum atomic E-state index is -0.411. The van der Waals surface area contributed by atoms with E-state index in [2.05, 4.69) is 15.6 Å². The zero-order valence-corrected chi connectivity index (χ0v) is 13.3. The molecule has 0 unspecified atom stereocenters. The summed E-state index contributed by atoms with van der Waals surface area (Å²) in [5.41, 5.74) is 1.26. The molecule has 2 rings (SSSR count). The van der Waals surface area contributed by atoms with Crippen molar-refractivity contribution in [2.45, 2.75) is 13.0 Å². The van der Waals surface area contributed by atoms with Gasteiger partial charge in [0.1, 0.15) is 5.82 Å². The van der Waals surface area contributed by atoms with E-state index in [1.165, 1.54) is 12.1 Å². The first-order chi connectivity index (χ1) is 11.6. The summed E-state index contributed by atoms with van der Waals surface area (Å²) in [4.78, 5) is 14.6. The summed E-state index contributed by atoms with van der Waals surface area (Å²) in [6.07, 6.45) is 0.513. The molecule has 0 saturated carbocycles. The van der Waals surface area contributed by atoms with Crippen molar-refractivity contribution >= 4 is 11.6 Å². The van der Waals surface area contributed by atoms with Gasteiger partial charge in [0.05, 0.1) is 4.92 Å². The van der Waals surface area contributed by atoms with Crippen molar-refractivity contribution in [1.82, 2.24) is 10.6 Å². The van der Waals surface area contributed by atoms with Gasteiger partial charge in [0.2, 0.25) is 0 Å². The van der Waals surface area contributed by atoms with Crippen LogP contribution >= 0.6 is 0 Å². The summed E-state index contributed by atoms with van der Waals surface area (Å²) >= 11 is 0. The van der Waals surface area contributed by atoms with Crippen molar-refractivity contribution in [2.75, 3.05) is 13.6 Å². The predicted octanol–water partition coefficient (Wildman–Crippen LogP) is 2.64. The van der Waals surface area contributed by atoms with Crippen molar-refractivity contribution in [2.24, 2.45) is 4.99 Å². The third-order valence-corrected chi connectivity index (χ3v) is 3.50. The molecule has 0 heterocycles. The highest BCUT2D eigenvalue weighted by Crippen LogP contribution is 2.16. The third kappa shape index (κ3) is 4.77. The van der Waals surface area contributed by atoms with E-state index >= 15 is 0 Å². The molecule has 0 aliphatic heterocycles. The van der Waals surface area contributed by atoms with Gasteiger partial charge in [0.25, 0.3) is 5.69 Å². The molecule has 0 fully saturated rings. The van der Waals surface area contributed by atoms with Crippen LogP contribution in [0.2, 0.25) is 0 Å². The molecule has 0 atom stereocenters. The van der Waals surface area contributed by atoms with Gasteiger partial charge in [-0.05, 0) is 18.1 Å². The summed E-state index contributed by atoms with van der Waals surface area (Å²) in [6, 6.07) is 13.1. The molecule has 126 valence electrons. The van der Waals surface area contributed by atoms with Gasteiger partial charge in [-0.2, -0.15) is 0 Å². The number of nitrogens with one attached hydrogen (secondary N) is 2. The summed E-state index contributed by atoms with van der Waals surface area (Å²) in [7, 11) is 1.61. The topological polar surface area (TPSA) is 79.6 Å². The van der Waals surface area contributed by atoms with Gasteiger partial charge >= 0.3 is 0 Å². The second-order valence-corrected chi connectivity index (χ2v) is 5.08. The number of nitrogens with zero attached hydrogens (tertiary/aromatic N) is 2. The van der Waals surface area contributed by atoms with Crippen molar-refractivity contribution in [3.63, 3.8) is 0 Å². The first-order valence-corrected chi connectivity index (χ1v) is 7.52. The van der Waals surface area contributed by atoms with E-state index in [9.17, 15) is 14.5 Å². The molecule has 6 nitrogen and oxygen atoms in total. The number of hydrogen-bond acceptors (Lipinski definition) is 3. The Morgan fingerprint density at radius 2 is 1.79 bits per heavy atom. The van der Waals surface area contributed by atoms with Gasteiger partial charge in [-0.3, -0.25) is 15.1 Å². The summed E-state index contributed by atoms with van der Waals surface area (Å²) in [5.74, 6) is 0.270. The molecular formula is C17H19FN4O2. The Balaban J connectivity index is 1.87. The van der Waals surface area contributed by atoms with Crippen LogP contribution in [-0.4, -0.2) is 24.5 Å². The monoisotopic (exact) mass is 330 g/mol. The molecule has 0 bridgehead atoms. The van der Waals surface area contributed by atoms with Crippen LogP contribution in [0.25, 0.3) is 0 Å². The zero-order chi connectivity index (χ0) is 17.4. The Bertz CT molecular complexity index is 734. The highest BCUT2D eigenvalue weighted by atomic mass is 19.1. The molecule has 0 spiro atoms. The van der Waals surface area contributed by atoms with E-state index in [0.29, 0.717) is 30.1 Å². The lowest BCUT2D eigenvalue weighted by Gasteiger charge is -2.12. The molecule has 0 saturated heterocycles. The lowest BCUT2D eigenvalue weighted by molar-refractivity contribution is -0.385. The standard InChI is InChI=1S/C17H19FN4O2/c1-19-17(20-11-10-13-6-2-4-8-15(13)18)21-12-14-7-3-5-9-16(14)22(23)24/h2-9H,10-12H2,1H3,(H2,19,20,21). The van der Waals surface area contributed by atoms with Crippen LogP contribution in [0, 0.1) is 15.9 Å². The lowest BCUT2D eigenvalue weighted by Crippen LogP contribution is -2.38. The second kappa shape index (κ2) is 8.61. The average molecular weight is 330 g/mol. The fraction of sp³-hybridized carbons (Fsp3) is 0.235. The van der Waals surface area contributed by atoms with Crippen LogP contribution in [0.4, 0.5) is 10.1 Å². The Hall–Kier alpha value is -2.96. The molecule has 0 aliphatic carbocycles. The van der Waals surface area contributed by atoms with E-state index in [4.69, 9.17) is 0 Å². The van der Waals surface area contributed by atoms with E-state index < -0.39 is 4.92 Å². The largest absolute Gasteiger partial charge is 0.356 e. The zero-order valence-electron chi connectivity index (χ0n) is 13.3. The maximum atomic E-state index is 13.5. The number of nitro groups is 1. The van der Waals surface area contributed by atoms with Crippen LogP contribution in [-0.2, 0) is 13.0 Å². The molecule has 2 aromatic rings. The van der Waals surface area contributed by atoms with E-state index in [1.54, 1.807) is 43.4 Å². The molecular weight excluding hydrogens is 311 g/mol. The second-order valence-electron chi connectivity index (χ2n) is 5.08. The fourth-order valence-electron chi connectivity index (χ4n) is 2.25. The van der Waals surface area contributed by atoms with E-state index in [1.807, 2.05) is 0 Å². The quantitative estimate of drug-likeness (QED) is 0.369. The van der Waals surface area contributed by atoms with Gasteiger partial charge in [-0.25, -0.2) is 4.39 Å². The first kappa shape index (κ1) is 17.4. The van der Waals surface area contributed by atoms with Crippen LogP contribution in [0.1, 0.15) is 11.1 Å². The molecule has 0 aliphatic rings. The minimum absolute atomic E-state index is 0.0619. The van der Waals surface area contributed by atoms with Gasteiger partial charge in [0, 0.05) is 31.8 Å². The number of guanidine groups is 1. The molecule has 2 N–H and O–H groups in total. The molecule has 0 radical (unpaired) electrons. The summed E-state index contributed by atoms with van der Waals surface area (Å²) < 4.78 is 13.5. The Morgan fingerprint density at radius 3 is 2.46 bits per heavy atom. The van der Waals surface area contributed by atoms with Gasteiger partial charge in [-0.1, -0.05) is 36.4 Å². The van der Waals surface area contributed by atoms with Crippen LogP contribution in [0.5, 0.6) is 0 Å². The third-order valence-electron chi connectivity index (χ3n) is 3.50. The maximum Gasteiger partial charge on any atom is 0.274 e. The summed E-state index contributed by atoms with van der Waals surface area (Å²) in [5, 5.41) is 17.1. The van der Waals surface area contributed by atoms with Gasteiger partial charge in [0.15, 0.2) is 5.96 Å².